The number of likely N-dealkylation sites (tertiary alicyclic amines) is 1. The minimum absolute atomic E-state index is 0.162. The molecular formula is C20H23NO2. The average Bonchev–Trinajstić information content (AvgIpc) is 2.62. The maximum atomic E-state index is 13.3. The predicted octanol–water partition coefficient (Wildman–Crippen LogP) is 3.32. The van der Waals surface area contributed by atoms with Crippen molar-refractivity contribution in [2.45, 2.75) is 37.8 Å². The maximum absolute atomic E-state index is 13.3. The first-order chi connectivity index (χ1) is 11.1. The van der Waals surface area contributed by atoms with Gasteiger partial charge in [0.2, 0.25) is 0 Å². The van der Waals surface area contributed by atoms with E-state index >= 15 is 0 Å². The molecule has 0 radical (unpaired) electrons. The van der Waals surface area contributed by atoms with E-state index in [4.69, 9.17) is 0 Å². The second kappa shape index (κ2) is 6.55. The van der Waals surface area contributed by atoms with Crippen LogP contribution in [0.2, 0.25) is 0 Å². The molecule has 0 aromatic heterocycles. The van der Waals surface area contributed by atoms with Gasteiger partial charge in [-0.3, -0.25) is 4.79 Å². The Balaban J connectivity index is 2.07. The van der Waals surface area contributed by atoms with E-state index < -0.39 is 5.60 Å². The number of piperidine rings is 1. The molecule has 1 amide bonds. The summed E-state index contributed by atoms with van der Waals surface area (Å²) in [6.07, 6.45) is 3.13. The Morgan fingerprint density at radius 1 is 1.00 bits per heavy atom. The van der Waals surface area contributed by atoms with Gasteiger partial charge in [0, 0.05) is 12.6 Å². The SMILES string of the molecule is CC1CCCCN1C(=O)C(O)(c1ccccc1)c1ccccc1. The summed E-state index contributed by atoms with van der Waals surface area (Å²) < 4.78 is 0. The van der Waals surface area contributed by atoms with Crippen LogP contribution >= 0.6 is 0 Å². The summed E-state index contributed by atoms with van der Waals surface area (Å²) in [7, 11) is 0. The Kier molecular flexibility index (Phi) is 4.49. The zero-order chi connectivity index (χ0) is 16.3. The van der Waals surface area contributed by atoms with Gasteiger partial charge in [-0.2, -0.15) is 0 Å². The van der Waals surface area contributed by atoms with E-state index in [1.54, 1.807) is 0 Å². The van der Waals surface area contributed by atoms with Crippen molar-refractivity contribution < 1.29 is 9.90 Å². The predicted molar refractivity (Wildman–Crippen MR) is 90.9 cm³/mol. The van der Waals surface area contributed by atoms with E-state index in [1.165, 1.54) is 0 Å². The Hall–Kier alpha value is -2.13. The van der Waals surface area contributed by atoms with Gasteiger partial charge in [0.25, 0.3) is 5.91 Å². The summed E-state index contributed by atoms with van der Waals surface area (Å²) in [6, 6.07) is 18.7. The Morgan fingerprint density at radius 3 is 2.00 bits per heavy atom. The van der Waals surface area contributed by atoms with Crippen LogP contribution in [0.5, 0.6) is 0 Å². The van der Waals surface area contributed by atoms with Gasteiger partial charge in [0.15, 0.2) is 5.60 Å². The number of hydrogen-bond acceptors (Lipinski definition) is 2. The second-order valence-electron chi connectivity index (χ2n) is 6.29. The van der Waals surface area contributed by atoms with Gasteiger partial charge in [-0.25, -0.2) is 0 Å². The van der Waals surface area contributed by atoms with Crippen LogP contribution < -0.4 is 0 Å². The van der Waals surface area contributed by atoms with Crippen LogP contribution in [-0.4, -0.2) is 28.5 Å². The number of aliphatic hydroxyl groups is 1. The zero-order valence-corrected chi connectivity index (χ0v) is 13.5. The third-order valence-electron chi connectivity index (χ3n) is 4.76. The number of nitrogens with zero attached hydrogens (tertiary/aromatic N) is 1. The lowest BCUT2D eigenvalue weighted by molar-refractivity contribution is -0.151. The minimum Gasteiger partial charge on any atom is -0.372 e. The topological polar surface area (TPSA) is 40.5 Å². The molecule has 1 saturated heterocycles. The van der Waals surface area contributed by atoms with Crippen molar-refractivity contribution >= 4 is 5.91 Å². The van der Waals surface area contributed by atoms with E-state index in [2.05, 4.69) is 6.92 Å². The summed E-state index contributed by atoms with van der Waals surface area (Å²) >= 11 is 0. The molecule has 0 spiro atoms. The third kappa shape index (κ3) is 2.89. The van der Waals surface area contributed by atoms with Crippen LogP contribution in [0.1, 0.15) is 37.3 Å². The number of carbonyl (C=O) groups is 1. The Bertz CT molecular complexity index is 614. The van der Waals surface area contributed by atoms with Gasteiger partial charge in [0.1, 0.15) is 0 Å². The molecule has 1 heterocycles. The van der Waals surface area contributed by atoms with Gasteiger partial charge in [-0.1, -0.05) is 60.7 Å². The second-order valence-corrected chi connectivity index (χ2v) is 6.29. The molecule has 1 fully saturated rings. The summed E-state index contributed by atoms with van der Waals surface area (Å²) in [5, 5.41) is 11.5. The fourth-order valence-electron chi connectivity index (χ4n) is 3.38. The first-order valence-electron chi connectivity index (χ1n) is 8.28. The van der Waals surface area contributed by atoms with Gasteiger partial charge in [-0.05, 0) is 37.3 Å². The summed E-state index contributed by atoms with van der Waals surface area (Å²) in [6.45, 7) is 2.77. The lowest BCUT2D eigenvalue weighted by atomic mass is 9.84. The molecule has 3 heteroatoms. The van der Waals surface area contributed by atoms with Crippen molar-refractivity contribution in [1.82, 2.24) is 4.90 Å². The molecule has 1 aliphatic heterocycles. The smallest absolute Gasteiger partial charge is 0.264 e. The highest BCUT2D eigenvalue weighted by molar-refractivity contribution is 5.90. The number of amides is 1. The third-order valence-corrected chi connectivity index (χ3v) is 4.76. The van der Waals surface area contributed by atoms with Crippen molar-refractivity contribution in [2.75, 3.05) is 6.54 Å². The van der Waals surface area contributed by atoms with Crippen molar-refractivity contribution in [3.8, 4) is 0 Å². The Labute approximate surface area is 137 Å². The lowest BCUT2D eigenvalue weighted by Gasteiger charge is -2.39. The number of hydrogen-bond donors (Lipinski definition) is 1. The fourth-order valence-corrected chi connectivity index (χ4v) is 3.38. The summed E-state index contributed by atoms with van der Waals surface area (Å²) in [5.41, 5.74) is -0.392. The number of rotatable bonds is 3. The Morgan fingerprint density at radius 2 is 1.52 bits per heavy atom. The van der Waals surface area contributed by atoms with Gasteiger partial charge in [0.05, 0.1) is 0 Å². The van der Waals surface area contributed by atoms with Crippen LogP contribution in [0.4, 0.5) is 0 Å². The molecule has 1 aliphatic rings. The van der Waals surface area contributed by atoms with Crippen LogP contribution in [0.3, 0.4) is 0 Å². The van der Waals surface area contributed by atoms with Crippen LogP contribution in [0.25, 0.3) is 0 Å². The van der Waals surface area contributed by atoms with Crippen molar-refractivity contribution in [1.29, 1.82) is 0 Å². The fraction of sp³-hybridized carbons (Fsp3) is 0.350. The number of carbonyl (C=O) groups excluding carboxylic acids is 1. The molecule has 3 nitrogen and oxygen atoms in total. The highest BCUT2D eigenvalue weighted by atomic mass is 16.3. The molecule has 2 aromatic rings. The quantitative estimate of drug-likeness (QED) is 0.945. The molecule has 23 heavy (non-hydrogen) atoms. The van der Waals surface area contributed by atoms with E-state index in [0.29, 0.717) is 17.7 Å². The monoisotopic (exact) mass is 309 g/mol. The molecule has 0 aliphatic carbocycles. The normalized spacial score (nSPS) is 18.7. The average molecular weight is 309 g/mol. The first kappa shape index (κ1) is 15.8. The summed E-state index contributed by atoms with van der Waals surface area (Å²) in [5.74, 6) is -0.220. The molecule has 120 valence electrons. The molecule has 1 N–H and O–H groups in total. The summed E-state index contributed by atoms with van der Waals surface area (Å²) in [4.78, 5) is 15.1. The van der Waals surface area contributed by atoms with E-state index in [1.807, 2.05) is 65.6 Å². The molecule has 3 rings (SSSR count). The van der Waals surface area contributed by atoms with Gasteiger partial charge < -0.3 is 10.0 Å². The highest BCUT2D eigenvalue weighted by Gasteiger charge is 2.44. The van der Waals surface area contributed by atoms with E-state index in [-0.39, 0.29) is 11.9 Å². The van der Waals surface area contributed by atoms with Crippen molar-refractivity contribution in [2.24, 2.45) is 0 Å². The standard InChI is InChI=1S/C20H23NO2/c1-16-10-8-9-15-21(16)19(22)20(23,17-11-4-2-5-12-17)18-13-6-3-7-14-18/h2-7,11-14,16,23H,8-10,15H2,1H3. The van der Waals surface area contributed by atoms with Crippen LogP contribution in [-0.2, 0) is 10.4 Å². The molecule has 1 unspecified atom stereocenters. The molecule has 2 aromatic carbocycles. The van der Waals surface area contributed by atoms with Crippen LogP contribution in [0.15, 0.2) is 60.7 Å². The van der Waals surface area contributed by atoms with Gasteiger partial charge in [-0.15, -0.1) is 0 Å². The van der Waals surface area contributed by atoms with Crippen molar-refractivity contribution in [3.05, 3.63) is 71.8 Å². The lowest BCUT2D eigenvalue weighted by Crippen LogP contribution is -2.52. The zero-order valence-electron chi connectivity index (χ0n) is 13.5. The number of benzene rings is 2. The van der Waals surface area contributed by atoms with E-state index in [9.17, 15) is 9.90 Å². The molecular weight excluding hydrogens is 286 g/mol. The largest absolute Gasteiger partial charge is 0.372 e. The molecule has 1 atom stereocenters. The highest BCUT2D eigenvalue weighted by Crippen LogP contribution is 2.33. The van der Waals surface area contributed by atoms with Crippen molar-refractivity contribution in [3.63, 3.8) is 0 Å². The minimum atomic E-state index is -1.63. The molecule has 0 bridgehead atoms. The maximum Gasteiger partial charge on any atom is 0.264 e. The van der Waals surface area contributed by atoms with Gasteiger partial charge >= 0.3 is 0 Å². The first-order valence-corrected chi connectivity index (χ1v) is 8.28. The van der Waals surface area contributed by atoms with Crippen LogP contribution in [0, 0.1) is 0 Å². The van der Waals surface area contributed by atoms with E-state index in [0.717, 1.165) is 19.3 Å². The molecule has 0 saturated carbocycles.